The molecule has 1 fully saturated rings. The molecule has 3 N–H and O–H groups in total. The summed E-state index contributed by atoms with van der Waals surface area (Å²) in [5.74, 6) is 0.451. The lowest BCUT2D eigenvalue weighted by molar-refractivity contribution is 0.146. The minimum Gasteiger partial charge on any atom is -0.391 e. The standard InChI is InChI=1S/C14H28N2O2/c1-11(2)9-13(17)10-15-14(18)16-12-7-5-3-4-6-8-12/h11-13,17H,3-10H2,1-2H3,(H2,15,16,18). The SMILES string of the molecule is CC(C)CC(O)CNC(=O)NC1CCCCCC1. The van der Waals surface area contributed by atoms with Gasteiger partial charge in [0.2, 0.25) is 0 Å². The highest BCUT2D eigenvalue weighted by atomic mass is 16.3. The van der Waals surface area contributed by atoms with Crippen LogP contribution < -0.4 is 10.6 Å². The van der Waals surface area contributed by atoms with Crippen LogP contribution in [0.5, 0.6) is 0 Å². The van der Waals surface area contributed by atoms with Crippen molar-refractivity contribution >= 4 is 6.03 Å². The zero-order valence-electron chi connectivity index (χ0n) is 11.7. The molecule has 0 aromatic carbocycles. The van der Waals surface area contributed by atoms with Gasteiger partial charge in [0.15, 0.2) is 0 Å². The van der Waals surface area contributed by atoms with Crippen molar-refractivity contribution in [3.05, 3.63) is 0 Å². The first kappa shape index (κ1) is 15.3. The van der Waals surface area contributed by atoms with Crippen LogP contribution in [0, 0.1) is 5.92 Å². The molecule has 1 aliphatic carbocycles. The molecule has 0 spiro atoms. The van der Waals surface area contributed by atoms with Gasteiger partial charge in [-0.3, -0.25) is 0 Å². The molecule has 0 aromatic heterocycles. The maximum absolute atomic E-state index is 11.7. The molecular formula is C14H28N2O2. The Hall–Kier alpha value is -0.770. The molecule has 2 amide bonds. The zero-order valence-corrected chi connectivity index (χ0v) is 11.7. The molecule has 4 heteroatoms. The van der Waals surface area contributed by atoms with Crippen LogP contribution in [0.25, 0.3) is 0 Å². The quantitative estimate of drug-likeness (QED) is 0.662. The molecule has 0 saturated heterocycles. The smallest absolute Gasteiger partial charge is 0.315 e. The topological polar surface area (TPSA) is 61.4 Å². The van der Waals surface area contributed by atoms with Gasteiger partial charge >= 0.3 is 6.03 Å². The number of nitrogens with one attached hydrogen (secondary N) is 2. The van der Waals surface area contributed by atoms with Crippen LogP contribution in [0.1, 0.15) is 58.8 Å². The molecule has 1 rings (SSSR count). The first-order valence-electron chi connectivity index (χ1n) is 7.30. The summed E-state index contributed by atoms with van der Waals surface area (Å²) in [6.45, 7) is 4.47. The minimum atomic E-state index is -0.440. The van der Waals surface area contributed by atoms with Gasteiger partial charge in [0, 0.05) is 12.6 Å². The fourth-order valence-electron chi connectivity index (χ4n) is 2.50. The Balaban J connectivity index is 2.16. The predicted octanol–water partition coefficient (Wildman–Crippen LogP) is 2.42. The lowest BCUT2D eigenvalue weighted by Crippen LogP contribution is -2.44. The van der Waals surface area contributed by atoms with E-state index in [0.29, 0.717) is 18.5 Å². The molecule has 1 saturated carbocycles. The third kappa shape index (κ3) is 6.84. The van der Waals surface area contributed by atoms with Gasteiger partial charge < -0.3 is 15.7 Å². The van der Waals surface area contributed by atoms with E-state index < -0.39 is 6.10 Å². The fourth-order valence-corrected chi connectivity index (χ4v) is 2.50. The number of rotatable bonds is 5. The Kier molecular flexibility index (Phi) is 7.09. The summed E-state index contributed by atoms with van der Waals surface area (Å²) in [6.07, 6.45) is 7.44. The van der Waals surface area contributed by atoms with E-state index >= 15 is 0 Å². The second-order valence-corrected chi connectivity index (χ2v) is 5.83. The summed E-state index contributed by atoms with van der Waals surface area (Å²) >= 11 is 0. The van der Waals surface area contributed by atoms with Crippen molar-refractivity contribution in [2.75, 3.05) is 6.54 Å². The Labute approximate surface area is 111 Å². The second kappa shape index (κ2) is 8.35. The van der Waals surface area contributed by atoms with Gasteiger partial charge in [-0.05, 0) is 25.2 Å². The van der Waals surface area contributed by atoms with Crippen molar-refractivity contribution < 1.29 is 9.90 Å². The van der Waals surface area contributed by atoms with E-state index in [-0.39, 0.29) is 6.03 Å². The third-order valence-electron chi connectivity index (χ3n) is 3.43. The highest BCUT2D eigenvalue weighted by Crippen LogP contribution is 2.16. The summed E-state index contributed by atoms with van der Waals surface area (Å²) < 4.78 is 0. The van der Waals surface area contributed by atoms with Crippen molar-refractivity contribution in [1.29, 1.82) is 0 Å². The first-order chi connectivity index (χ1) is 8.58. The fraction of sp³-hybridized carbons (Fsp3) is 0.929. The van der Waals surface area contributed by atoms with E-state index in [4.69, 9.17) is 0 Å². The second-order valence-electron chi connectivity index (χ2n) is 5.83. The van der Waals surface area contributed by atoms with Gasteiger partial charge in [-0.2, -0.15) is 0 Å². The molecule has 4 nitrogen and oxygen atoms in total. The van der Waals surface area contributed by atoms with Crippen LogP contribution in [0.15, 0.2) is 0 Å². The molecule has 0 bridgehead atoms. The lowest BCUT2D eigenvalue weighted by atomic mass is 10.1. The summed E-state index contributed by atoms with van der Waals surface area (Å²) in [5.41, 5.74) is 0. The van der Waals surface area contributed by atoms with E-state index in [1.54, 1.807) is 0 Å². The van der Waals surface area contributed by atoms with Crippen LogP contribution >= 0.6 is 0 Å². The summed E-state index contributed by atoms with van der Waals surface area (Å²) in [5, 5.41) is 15.4. The molecule has 18 heavy (non-hydrogen) atoms. The summed E-state index contributed by atoms with van der Waals surface area (Å²) in [7, 11) is 0. The highest BCUT2D eigenvalue weighted by molar-refractivity contribution is 5.74. The average Bonchev–Trinajstić information content (AvgIpc) is 2.54. The van der Waals surface area contributed by atoms with E-state index in [0.717, 1.165) is 19.3 Å². The predicted molar refractivity (Wildman–Crippen MR) is 73.5 cm³/mol. The van der Waals surface area contributed by atoms with Crippen molar-refractivity contribution in [2.24, 2.45) is 5.92 Å². The maximum atomic E-state index is 11.7. The van der Waals surface area contributed by atoms with Crippen LogP contribution in [-0.4, -0.2) is 29.8 Å². The molecular weight excluding hydrogens is 228 g/mol. The maximum Gasteiger partial charge on any atom is 0.315 e. The van der Waals surface area contributed by atoms with Gasteiger partial charge in [0.25, 0.3) is 0 Å². The Morgan fingerprint density at radius 1 is 1.22 bits per heavy atom. The van der Waals surface area contributed by atoms with E-state index in [9.17, 15) is 9.90 Å². The molecule has 0 radical (unpaired) electrons. The Morgan fingerprint density at radius 2 is 1.83 bits per heavy atom. The number of hydrogen-bond donors (Lipinski definition) is 3. The van der Waals surface area contributed by atoms with Crippen LogP contribution in [-0.2, 0) is 0 Å². The number of hydrogen-bond acceptors (Lipinski definition) is 2. The van der Waals surface area contributed by atoms with Gasteiger partial charge in [0.05, 0.1) is 6.10 Å². The summed E-state index contributed by atoms with van der Waals surface area (Å²) in [4.78, 5) is 11.7. The number of aliphatic hydroxyl groups is 1. The average molecular weight is 256 g/mol. The van der Waals surface area contributed by atoms with Crippen LogP contribution in [0.3, 0.4) is 0 Å². The molecule has 106 valence electrons. The molecule has 1 aliphatic rings. The number of carbonyl (C=O) groups excluding carboxylic acids is 1. The van der Waals surface area contributed by atoms with E-state index in [2.05, 4.69) is 24.5 Å². The van der Waals surface area contributed by atoms with Crippen molar-refractivity contribution in [2.45, 2.75) is 70.9 Å². The first-order valence-corrected chi connectivity index (χ1v) is 7.30. The van der Waals surface area contributed by atoms with Crippen molar-refractivity contribution in [1.82, 2.24) is 10.6 Å². The van der Waals surface area contributed by atoms with E-state index in [1.165, 1.54) is 25.7 Å². The van der Waals surface area contributed by atoms with Crippen molar-refractivity contribution in [3.8, 4) is 0 Å². The summed E-state index contributed by atoms with van der Waals surface area (Å²) in [6, 6.07) is 0.180. The normalized spacial score (nSPS) is 19.3. The molecule has 0 heterocycles. The molecule has 1 atom stereocenters. The number of aliphatic hydroxyl groups excluding tert-OH is 1. The monoisotopic (exact) mass is 256 g/mol. The van der Waals surface area contributed by atoms with Gasteiger partial charge in [-0.25, -0.2) is 4.79 Å². The third-order valence-corrected chi connectivity index (χ3v) is 3.43. The van der Waals surface area contributed by atoms with Crippen LogP contribution in [0.2, 0.25) is 0 Å². The largest absolute Gasteiger partial charge is 0.391 e. The highest BCUT2D eigenvalue weighted by Gasteiger charge is 2.15. The van der Waals surface area contributed by atoms with Gasteiger partial charge in [-0.15, -0.1) is 0 Å². The number of urea groups is 1. The van der Waals surface area contributed by atoms with Gasteiger partial charge in [0.1, 0.15) is 0 Å². The lowest BCUT2D eigenvalue weighted by Gasteiger charge is -2.18. The van der Waals surface area contributed by atoms with E-state index in [1.807, 2.05) is 0 Å². The van der Waals surface area contributed by atoms with Crippen LogP contribution in [0.4, 0.5) is 4.79 Å². The Bertz CT molecular complexity index is 236. The number of amides is 2. The molecule has 0 aliphatic heterocycles. The van der Waals surface area contributed by atoms with Gasteiger partial charge in [-0.1, -0.05) is 39.5 Å². The van der Waals surface area contributed by atoms with Crippen molar-refractivity contribution in [3.63, 3.8) is 0 Å². The Morgan fingerprint density at radius 3 is 2.39 bits per heavy atom. The zero-order chi connectivity index (χ0) is 13.4. The molecule has 0 aromatic rings. The minimum absolute atomic E-state index is 0.135. The molecule has 1 unspecified atom stereocenters. The number of carbonyl (C=O) groups is 1.